The van der Waals surface area contributed by atoms with E-state index in [1.807, 2.05) is 0 Å². The molecule has 0 aliphatic carbocycles. The number of halogens is 3. The minimum absolute atomic E-state index is 0.414. The third-order valence-corrected chi connectivity index (χ3v) is 3.40. The second-order valence-electron chi connectivity index (χ2n) is 3.45. The van der Waals surface area contributed by atoms with Crippen molar-refractivity contribution in [1.82, 2.24) is 10.2 Å². The smallest absolute Gasteiger partial charge is 0.148 e. The molecule has 1 aromatic heterocycles. The Hall–Kier alpha value is -1.07. The first-order valence-electron chi connectivity index (χ1n) is 5.04. The first-order valence-corrected chi connectivity index (χ1v) is 6.39. The van der Waals surface area contributed by atoms with Crippen LogP contribution in [0.5, 0.6) is 0 Å². The fraction of sp³-hybridized carbons (Fsp3) is 0.273. The van der Waals surface area contributed by atoms with Gasteiger partial charge in [-0.25, -0.2) is 8.78 Å². The Balaban J connectivity index is 2.24. The van der Waals surface area contributed by atoms with Crippen LogP contribution in [0.4, 0.5) is 8.78 Å². The number of rotatable bonds is 4. The van der Waals surface area contributed by atoms with Gasteiger partial charge in [0.15, 0.2) is 0 Å². The van der Waals surface area contributed by atoms with Crippen LogP contribution in [0, 0.1) is 11.6 Å². The number of hydrogen-bond donors (Lipinski definition) is 0. The number of alkyl halides is 1. The van der Waals surface area contributed by atoms with Crippen molar-refractivity contribution >= 4 is 22.9 Å². The summed E-state index contributed by atoms with van der Waals surface area (Å²) in [5, 5.41) is 9.21. The van der Waals surface area contributed by atoms with Crippen LogP contribution in [-0.4, -0.2) is 16.1 Å². The minimum Gasteiger partial charge on any atom is -0.207 e. The van der Waals surface area contributed by atoms with Gasteiger partial charge < -0.3 is 0 Å². The van der Waals surface area contributed by atoms with Crippen LogP contribution in [-0.2, 0) is 6.42 Å². The zero-order chi connectivity index (χ0) is 12.3. The lowest BCUT2D eigenvalue weighted by molar-refractivity contribution is 0.584. The zero-order valence-electron chi connectivity index (χ0n) is 8.79. The molecule has 0 unspecified atom stereocenters. The Morgan fingerprint density at radius 2 is 1.82 bits per heavy atom. The molecule has 0 radical (unpaired) electrons. The molecule has 0 spiro atoms. The molecular weight excluding hydrogens is 266 g/mol. The molecular formula is C11H9ClF2N2S. The minimum atomic E-state index is -0.613. The first-order chi connectivity index (χ1) is 8.19. The van der Waals surface area contributed by atoms with Crippen molar-refractivity contribution in [2.75, 3.05) is 5.88 Å². The number of nitrogens with zero attached hydrogens (tertiary/aromatic N) is 2. The van der Waals surface area contributed by atoms with Crippen molar-refractivity contribution in [2.24, 2.45) is 0 Å². The van der Waals surface area contributed by atoms with Crippen molar-refractivity contribution in [3.05, 3.63) is 34.8 Å². The van der Waals surface area contributed by atoms with E-state index in [4.69, 9.17) is 11.6 Å². The summed E-state index contributed by atoms with van der Waals surface area (Å²) < 4.78 is 26.0. The van der Waals surface area contributed by atoms with Crippen LogP contribution in [0.15, 0.2) is 18.2 Å². The monoisotopic (exact) mass is 274 g/mol. The van der Waals surface area contributed by atoms with E-state index in [2.05, 4.69) is 10.2 Å². The molecule has 17 heavy (non-hydrogen) atoms. The van der Waals surface area contributed by atoms with Gasteiger partial charge in [0.25, 0.3) is 0 Å². The van der Waals surface area contributed by atoms with Gasteiger partial charge in [-0.3, -0.25) is 0 Å². The maximum atomic E-state index is 13.0. The van der Waals surface area contributed by atoms with Crippen molar-refractivity contribution in [3.63, 3.8) is 0 Å². The van der Waals surface area contributed by atoms with Gasteiger partial charge in [-0.2, -0.15) is 0 Å². The summed E-state index contributed by atoms with van der Waals surface area (Å²) in [4.78, 5) is 0. The van der Waals surface area contributed by atoms with Gasteiger partial charge in [0.2, 0.25) is 0 Å². The molecule has 0 bridgehead atoms. The van der Waals surface area contributed by atoms with E-state index in [9.17, 15) is 8.78 Å². The molecule has 0 atom stereocenters. The van der Waals surface area contributed by atoms with Crippen molar-refractivity contribution < 1.29 is 8.78 Å². The Labute approximate surface area is 106 Å². The van der Waals surface area contributed by atoms with E-state index in [-0.39, 0.29) is 0 Å². The highest BCUT2D eigenvalue weighted by atomic mass is 35.5. The predicted molar refractivity (Wildman–Crippen MR) is 64.3 cm³/mol. The van der Waals surface area contributed by atoms with Gasteiger partial charge in [0, 0.05) is 23.9 Å². The lowest BCUT2D eigenvalue weighted by Crippen LogP contribution is -1.84. The lowest BCUT2D eigenvalue weighted by atomic mass is 10.2. The third-order valence-electron chi connectivity index (χ3n) is 2.10. The molecule has 0 saturated heterocycles. The lowest BCUT2D eigenvalue weighted by Gasteiger charge is -1.96. The fourth-order valence-electron chi connectivity index (χ4n) is 1.37. The summed E-state index contributed by atoms with van der Waals surface area (Å²) in [6.07, 6.45) is 1.55. The highest BCUT2D eigenvalue weighted by Gasteiger charge is 2.09. The Kier molecular flexibility index (Phi) is 4.02. The van der Waals surface area contributed by atoms with E-state index in [1.54, 1.807) is 0 Å². The Morgan fingerprint density at radius 1 is 1.12 bits per heavy atom. The van der Waals surface area contributed by atoms with Crippen LogP contribution >= 0.6 is 22.9 Å². The highest BCUT2D eigenvalue weighted by molar-refractivity contribution is 7.14. The molecule has 2 nitrogen and oxygen atoms in total. The third kappa shape index (κ3) is 3.20. The molecule has 90 valence electrons. The summed E-state index contributed by atoms with van der Waals surface area (Å²) in [7, 11) is 0. The summed E-state index contributed by atoms with van der Waals surface area (Å²) in [5.41, 5.74) is 0.414. The van der Waals surface area contributed by atoms with Gasteiger partial charge in [-0.1, -0.05) is 11.3 Å². The van der Waals surface area contributed by atoms with Crippen LogP contribution in [0.1, 0.15) is 11.4 Å². The molecule has 1 aromatic carbocycles. The SMILES string of the molecule is Fc1cc(F)cc(-c2nnc(CCCCl)s2)c1. The Morgan fingerprint density at radius 3 is 2.47 bits per heavy atom. The van der Waals surface area contributed by atoms with Crippen LogP contribution in [0.2, 0.25) is 0 Å². The predicted octanol–water partition coefficient (Wildman–Crippen LogP) is 3.65. The zero-order valence-corrected chi connectivity index (χ0v) is 10.4. The summed E-state index contributed by atoms with van der Waals surface area (Å²) in [6.45, 7) is 0. The molecule has 6 heteroatoms. The van der Waals surface area contributed by atoms with Crippen molar-refractivity contribution in [3.8, 4) is 10.6 Å². The number of aryl methyl sites for hydroxylation is 1. The van der Waals surface area contributed by atoms with E-state index < -0.39 is 11.6 Å². The molecule has 2 aromatic rings. The standard InChI is InChI=1S/C11H9ClF2N2S/c12-3-1-2-10-15-16-11(17-10)7-4-8(13)6-9(14)5-7/h4-6H,1-3H2. The molecule has 0 fully saturated rings. The van der Waals surface area contributed by atoms with Gasteiger partial charge in [-0.05, 0) is 18.6 Å². The van der Waals surface area contributed by atoms with E-state index in [1.165, 1.54) is 23.5 Å². The highest BCUT2D eigenvalue weighted by Crippen LogP contribution is 2.25. The van der Waals surface area contributed by atoms with Crippen LogP contribution in [0.3, 0.4) is 0 Å². The first kappa shape index (κ1) is 12.4. The van der Waals surface area contributed by atoms with Gasteiger partial charge in [0.1, 0.15) is 21.6 Å². The van der Waals surface area contributed by atoms with Crippen molar-refractivity contribution in [2.45, 2.75) is 12.8 Å². The normalized spacial score (nSPS) is 10.8. The van der Waals surface area contributed by atoms with Crippen LogP contribution in [0.25, 0.3) is 10.6 Å². The maximum Gasteiger partial charge on any atom is 0.148 e. The maximum absolute atomic E-state index is 13.0. The summed E-state index contributed by atoms with van der Waals surface area (Å²) in [5.74, 6) is -0.668. The number of hydrogen-bond acceptors (Lipinski definition) is 3. The van der Waals surface area contributed by atoms with Gasteiger partial charge in [0.05, 0.1) is 0 Å². The van der Waals surface area contributed by atoms with Crippen LogP contribution < -0.4 is 0 Å². The summed E-state index contributed by atoms with van der Waals surface area (Å²) >= 11 is 6.90. The largest absolute Gasteiger partial charge is 0.207 e. The average Bonchev–Trinajstić information content (AvgIpc) is 2.73. The molecule has 0 amide bonds. The fourth-order valence-corrected chi connectivity index (χ4v) is 2.37. The topological polar surface area (TPSA) is 25.8 Å². The second-order valence-corrected chi connectivity index (χ2v) is 4.89. The summed E-state index contributed by atoms with van der Waals surface area (Å²) in [6, 6.07) is 3.32. The van der Waals surface area contributed by atoms with E-state index in [0.29, 0.717) is 16.5 Å². The molecule has 0 aliphatic heterocycles. The Bertz CT molecular complexity index is 496. The quantitative estimate of drug-likeness (QED) is 0.795. The second kappa shape index (κ2) is 5.51. The van der Waals surface area contributed by atoms with Gasteiger partial charge >= 0.3 is 0 Å². The molecule has 0 aliphatic rings. The van der Waals surface area contributed by atoms with E-state index in [0.717, 1.165) is 23.9 Å². The molecule has 0 saturated carbocycles. The molecule has 2 rings (SSSR count). The average molecular weight is 275 g/mol. The van der Waals surface area contributed by atoms with E-state index >= 15 is 0 Å². The number of benzene rings is 1. The van der Waals surface area contributed by atoms with Gasteiger partial charge in [-0.15, -0.1) is 21.8 Å². The van der Waals surface area contributed by atoms with Crippen molar-refractivity contribution in [1.29, 1.82) is 0 Å². The molecule has 0 N–H and O–H groups in total. The number of aromatic nitrogens is 2. The molecule has 1 heterocycles.